The number of methoxy groups -OCH3 is 1. The molecule has 1 aromatic heterocycles. The van der Waals surface area contributed by atoms with Gasteiger partial charge in [-0.05, 0) is 55.2 Å². The van der Waals surface area contributed by atoms with Gasteiger partial charge in [0, 0.05) is 26.3 Å². The van der Waals surface area contributed by atoms with Crippen molar-refractivity contribution >= 4 is 17.1 Å². The highest BCUT2D eigenvalue weighted by Crippen LogP contribution is 2.36. The Kier molecular flexibility index (Phi) is 11.7. The second-order valence-corrected chi connectivity index (χ2v) is 10.1. The number of amides is 1. The number of nitrogens with zero attached hydrogens (tertiary/aromatic N) is 1. The maximum Gasteiger partial charge on any atom is 0.414 e. The summed E-state index contributed by atoms with van der Waals surface area (Å²) < 4.78 is 16.8. The Morgan fingerprint density at radius 3 is 2.15 bits per heavy atom. The number of aliphatic hydroxyl groups is 1. The molecular formula is C31H41NO7. The minimum absolute atomic E-state index is 0.0601. The van der Waals surface area contributed by atoms with Crippen molar-refractivity contribution in [3.8, 4) is 28.6 Å². The summed E-state index contributed by atoms with van der Waals surface area (Å²) in [5, 5.41) is 19.2. The highest BCUT2D eigenvalue weighted by molar-refractivity contribution is 5.84. The first kappa shape index (κ1) is 30.0. The van der Waals surface area contributed by atoms with Gasteiger partial charge in [0.1, 0.15) is 5.58 Å². The lowest BCUT2D eigenvalue weighted by molar-refractivity contribution is 0.171. The Morgan fingerprint density at radius 1 is 0.897 bits per heavy atom. The zero-order valence-corrected chi connectivity index (χ0v) is 23.3. The van der Waals surface area contributed by atoms with E-state index in [4.69, 9.17) is 19.0 Å². The van der Waals surface area contributed by atoms with E-state index < -0.39 is 11.5 Å². The number of unbranched alkanes of at least 4 members (excludes halogenated alkanes) is 9. The number of aryl methyl sites for hydroxylation is 1. The van der Waals surface area contributed by atoms with Crippen molar-refractivity contribution in [1.29, 1.82) is 0 Å². The molecule has 0 bridgehead atoms. The topological polar surface area (TPSA) is 109 Å². The lowest BCUT2D eigenvalue weighted by Crippen LogP contribution is -2.27. The minimum atomic E-state index is -0.699. The number of phenols is 1. The van der Waals surface area contributed by atoms with Gasteiger partial charge in [0.05, 0.1) is 12.5 Å². The highest BCUT2D eigenvalue weighted by Gasteiger charge is 2.22. The molecule has 212 valence electrons. The Balaban J connectivity index is 1.72. The fourth-order valence-corrected chi connectivity index (χ4v) is 4.52. The van der Waals surface area contributed by atoms with E-state index in [1.54, 1.807) is 12.1 Å². The summed E-state index contributed by atoms with van der Waals surface area (Å²) in [4.78, 5) is 27.2. The smallest absolute Gasteiger partial charge is 0.414 e. The molecule has 1 amide bonds. The van der Waals surface area contributed by atoms with Gasteiger partial charge in [0.25, 0.3) is 0 Å². The van der Waals surface area contributed by atoms with Crippen LogP contribution in [0, 0.1) is 0 Å². The van der Waals surface area contributed by atoms with E-state index in [1.165, 1.54) is 76.8 Å². The van der Waals surface area contributed by atoms with Gasteiger partial charge in [0.15, 0.2) is 17.3 Å². The summed E-state index contributed by atoms with van der Waals surface area (Å²) in [7, 11) is 4.49. The number of benzene rings is 2. The van der Waals surface area contributed by atoms with Crippen LogP contribution in [0.2, 0.25) is 0 Å². The first-order valence-electron chi connectivity index (χ1n) is 13.8. The maximum atomic E-state index is 13.6. The highest BCUT2D eigenvalue weighted by atomic mass is 16.6. The van der Waals surface area contributed by atoms with Crippen molar-refractivity contribution in [2.45, 2.75) is 70.6 Å². The lowest BCUT2D eigenvalue weighted by Gasteiger charge is -2.14. The van der Waals surface area contributed by atoms with E-state index in [-0.39, 0.29) is 23.0 Å². The Morgan fingerprint density at radius 2 is 1.54 bits per heavy atom. The van der Waals surface area contributed by atoms with Gasteiger partial charge in [-0.2, -0.15) is 0 Å². The number of aromatic hydroxyl groups is 1. The van der Waals surface area contributed by atoms with Gasteiger partial charge >= 0.3 is 6.09 Å². The van der Waals surface area contributed by atoms with Crippen molar-refractivity contribution < 1.29 is 28.9 Å². The number of rotatable bonds is 15. The van der Waals surface area contributed by atoms with Gasteiger partial charge in [-0.15, -0.1) is 0 Å². The van der Waals surface area contributed by atoms with Gasteiger partial charge in [0.2, 0.25) is 11.2 Å². The third-order valence-electron chi connectivity index (χ3n) is 6.78. The number of carbonyl (C=O) groups is 1. The number of ether oxygens (including phenoxy) is 2. The number of fused-ring (bicyclic) bond motifs is 1. The van der Waals surface area contributed by atoms with Crippen LogP contribution in [0.1, 0.15) is 69.8 Å². The predicted molar refractivity (Wildman–Crippen MR) is 153 cm³/mol. The summed E-state index contributed by atoms with van der Waals surface area (Å²) in [6.07, 6.45) is 11.7. The zero-order chi connectivity index (χ0) is 28.2. The number of hydrogen-bond donors (Lipinski definition) is 2. The second-order valence-electron chi connectivity index (χ2n) is 10.1. The van der Waals surface area contributed by atoms with Gasteiger partial charge in [-0.3, -0.25) is 4.79 Å². The third-order valence-corrected chi connectivity index (χ3v) is 6.78. The molecule has 3 aromatic rings. The largest absolute Gasteiger partial charge is 0.504 e. The molecule has 39 heavy (non-hydrogen) atoms. The molecule has 0 saturated heterocycles. The molecule has 1 heterocycles. The first-order chi connectivity index (χ1) is 18.8. The first-order valence-corrected chi connectivity index (χ1v) is 13.8. The van der Waals surface area contributed by atoms with Crippen molar-refractivity contribution in [3.63, 3.8) is 0 Å². The number of carbonyl (C=O) groups excluding carboxylic acids is 1. The Labute approximate surface area is 230 Å². The Bertz CT molecular complexity index is 1280. The van der Waals surface area contributed by atoms with Crippen LogP contribution in [0.25, 0.3) is 22.3 Å². The molecule has 8 nitrogen and oxygen atoms in total. The molecule has 0 radical (unpaired) electrons. The summed E-state index contributed by atoms with van der Waals surface area (Å²) >= 11 is 0. The van der Waals surface area contributed by atoms with Crippen LogP contribution in [0.5, 0.6) is 17.2 Å². The summed E-state index contributed by atoms with van der Waals surface area (Å²) in [6, 6.07) is 10.1. The van der Waals surface area contributed by atoms with Crippen LogP contribution < -0.4 is 14.9 Å². The minimum Gasteiger partial charge on any atom is -0.504 e. The number of phenolic OH excluding ortho intramolecular Hbond substituents is 1. The van der Waals surface area contributed by atoms with Crippen LogP contribution in [0.3, 0.4) is 0 Å². The molecule has 0 aliphatic carbocycles. The van der Waals surface area contributed by atoms with E-state index >= 15 is 0 Å². The van der Waals surface area contributed by atoms with Crippen LogP contribution >= 0.6 is 0 Å². The molecule has 2 N–H and O–H groups in total. The van der Waals surface area contributed by atoms with Crippen molar-refractivity contribution in [3.05, 3.63) is 52.2 Å². The average molecular weight is 540 g/mol. The molecule has 2 aromatic carbocycles. The molecule has 0 fully saturated rings. The average Bonchev–Trinajstić information content (AvgIpc) is 2.93. The van der Waals surface area contributed by atoms with E-state index in [9.17, 15) is 14.7 Å². The molecule has 0 aliphatic rings. The third kappa shape index (κ3) is 8.48. The van der Waals surface area contributed by atoms with E-state index in [1.807, 2.05) is 12.1 Å². The van der Waals surface area contributed by atoms with Gasteiger partial charge < -0.3 is 29.0 Å². The van der Waals surface area contributed by atoms with Crippen LogP contribution in [0.15, 0.2) is 45.6 Å². The molecule has 0 aliphatic heterocycles. The van der Waals surface area contributed by atoms with E-state index in [0.717, 1.165) is 37.7 Å². The van der Waals surface area contributed by atoms with Gasteiger partial charge in [-0.25, -0.2) is 4.79 Å². The summed E-state index contributed by atoms with van der Waals surface area (Å²) in [5.41, 5.74) is 1.41. The summed E-state index contributed by atoms with van der Waals surface area (Å²) in [5.74, 6) is 0.0215. The lowest BCUT2D eigenvalue weighted by atomic mass is 10.0. The molecule has 0 saturated carbocycles. The molecule has 0 atom stereocenters. The maximum absolute atomic E-state index is 13.6. The fraction of sp³-hybridized carbons (Fsp3) is 0.484. The molecule has 0 spiro atoms. The Hall–Kier alpha value is -3.52. The van der Waals surface area contributed by atoms with Crippen molar-refractivity contribution in [2.24, 2.45) is 0 Å². The predicted octanol–water partition coefficient (Wildman–Crippen LogP) is 6.67. The molecular weight excluding hydrogens is 498 g/mol. The monoisotopic (exact) mass is 539 g/mol. The van der Waals surface area contributed by atoms with Gasteiger partial charge in [-0.1, -0.05) is 57.4 Å². The fourth-order valence-electron chi connectivity index (χ4n) is 4.52. The van der Waals surface area contributed by atoms with Crippen molar-refractivity contribution in [2.75, 3.05) is 27.8 Å². The molecule has 3 rings (SSSR count). The second kappa shape index (κ2) is 15.2. The van der Waals surface area contributed by atoms with Crippen LogP contribution in [0.4, 0.5) is 4.79 Å². The van der Waals surface area contributed by atoms with Crippen molar-refractivity contribution in [1.82, 2.24) is 4.90 Å². The van der Waals surface area contributed by atoms with E-state index in [2.05, 4.69) is 0 Å². The zero-order valence-electron chi connectivity index (χ0n) is 23.3. The van der Waals surface area contributed by atoms with Crippen LogP contribution in [-0.4, -0.2) is 49.0 Å². The molecule has 8 heteroatoms. The standard InChI is InChI=1S/C31H41NO7/c1-32(2)31(36)39-30-28(35)24-20-22(14-12-10-8-6-4-5-7-9-11-13-19-33)15-18-26(24)38-29(30)23-16-17-25(34)27(21-23)37-3/h15-18,20-21,33-34H,4-14,19H2,1-3H3. The molecule has 0 unspecified atom stereocenters. The quantitative estimate of drug-likeness (QED) is 0.208. The van der Waals surface area contributed by atoms with E-state index in [0.29, 0.717) is 23.1 Å². The number of hydrogen-bond acceptors (Lipinski definition) is 7. The summed E-state index contributed by atoms with van der Waals surface area (Å²) in [6.45, 7) is 0.295. The number of aliphatic hydroxyl groups excluding tert-OH is 1. The normalized spacial score (nSPS) is 11.1. The SMILES string of the molecule is COc1cc(-c2oc3ccc(CCCCCCCCCCCCO)cc3c(=O)c2OC(=O)N(C)C)ccc1O. The van der Waals surface area contributed by atoms with Crippen LogP contribution in [-0.2, 0) is 6.42 Å².